The Balaban J connectivity index is 3.09. The maximum Gasteiger partial charge on any atom is 0.414 e. The number of nitrogens with one attached hydrogen (secondary N) is 1. The molecule has 4 nitrogen and oxygen atoms in total. The summed E-state index contributed by atoms with van der Waals surface area (Å²) >= 11 is 0. The smallest absolute Gasteiger partial charge is 0.414 e. The number of amides is 2. The molecule has 0 aromatic carbocycles. The number of cyclic esters (lactones) is 1. The first-order valence-electron chi connectivity index (χ1n) is 5.55. The van der Waals surface area contributed by atoms with Gasteiger partial charge in [-0.15, -0.1) is 0 Å². The molecule has 2 unspecified atom stereocenters. The summed E-state index contributed by atoms with van der Waals surface area (Å²) in [6.07, 6.45) is -1.01. The molecule has 0 aromatic heterocycles. The molecule has 0 aromatic rings. The number of imide groups is 1. The van der Waals surface area contributed by atoms with Crippen LogP contribution in [0.4, 0.5) is 4.79 Å². The lowest BCUT2D eigenvalue weighted by Crippen LogP contribution is -2.57. The molecule has 1 aliphatic rings. The maximum atomic E-state index is 11.9. The van der Waals surface area contributed by atoms with Crippen molar-refractivity contribution in [1.82, 2.24) is 5.32 Å². The Morgan fingerprint density at radius 3 is 1.88 bits per heavy atom. The lowest BCUT2D eigenvalue weighted by atomic mass is 9.69. The number of alkyl carbamates (subject to hydrolysis) is 1. The van der Waals surface area contributed by atoms with Crippen molar-refractivity contribution >= 4 is 12.0 Å². The van der Waals surface area contributed by atoms with Crippen molar-refractivity contribution in [3.63, 3.8) is 0 Å². The molecule has 0 spiro atoms. The van der Waals surface area contributed by atoms with Gasteiger partial charge in [0.05, 0.1) is 5.92 Å². The Hall–Kier alpha value is -1.06. The SMILES string of the molecule is CC(C)(C)C1OC(=O)NC(=O)C1C(C)(C)C. The van der Waals surface area contributed by atoms with E-state index < -0.39 is 6.09 Å². The first kappa shape index (κ1) is 13.0. The van der Waals surface area contributed by atoms with Crippen LogP contribution in [-0.2, 0) is 9.53 Å². The summed E-state index contributed by atoms with van der Waals surface area (Å²) in [6, 6.07) is 0. The van der Waals surface area contributed by atoms with Crippen LogP contribution in [0.1, 0.15) is 41.5 Å². The topological polar surface area (TPSA) is 55.4 Å². The molecule has 1 fully saturated rings. The van der Waals surface area contributed by atoms with E-state index in [0.717, 1.165) is 0 Å². The third kappa shape index (κ3) is 2.54. The Morgan fingerprint density at radius 1 is 1.00 bits per heavy atom. The maximum absolute atomic E-state index is 11.9. The second-order valence-electron chi connectivity index (χ2n) is 6.52. The van der Waals surface area contributed by atoms with Gasteiger partial charge in [0.15, 0.2) is 0 Å². The van der Waals surface area contributed by atoms with Gasteiger partial charge in [0, 0.05) is 0 Å². The number of carbonyl (C=O) groups excluding carboxylic acids is 2. The molecule has 92 valence electrons. The average molecular weight is 227 g/mol. The molecule has 1 rings (SSSR count). The molecule has 2 amide bonds. The fraction of sp³-hybridized carbons (Fsp3) is 0.833. The third-order valence-electron chi connectivity index (χ3n) is 2.83. The van der Waals surface area contributed by atoms with Gasteiger partial charge in [-0.3, -0.25) is 10.1 Å². The van der Waals surface area contributed by atoms with Crippen molar-refractivity contribution in [3.05, 3.63) is 0 Å². The minimum absolute atomic E-state index is 0.233. The summed E-state index contributed by atoms with van der Waals surface area (Å²) in [5, 5.41) is 2.24. The summed E-state index contributed by atoms with van der Waals surface area (Å²) in [6.45, 7) is 11.9. The second-order valence-corrected chi connectivity index (χ2v) is 6.52. The molecule has 1 heterocycles. The minimum atomic E-state index is -0.634. The molecule has 4 heteroatoms. The predicted molar refractivity (Wildman–Crippen MR) is 60.8 cm³/mol. The number of hydrogen-bond acceptors (Lipinski definition) is 3. The van der Waals surface area contributed by atoms with Crippen molar-refractivity contribution in [2.24, 2.45) is 16.7 Å². The van der Waals surface area contributed by atoms with Gasteiger partial charge >= 0.3 is 6.09 Å². The van der Waals surface area contributed by atoms with Gasteiger partial charge in [-0.05, 0) is 10.8 Å². The van der Waals surface area contributed by atoms with Crippen LogP contribution in [0.15, 0.2) is 0 Å². The first-order valence-corrected chi connectivity index (χ1v) is 5.55. The highest BCUT2D eigenvalue weighted by atomic mass is 16.6. The van der Waals surface area contributed by atoms with Crippen molar-refractivity contribution < 1.29 is 14.3 Å². The molecule has 0 saturated carbocycles. The first-order chi connectivity index (χ1) is 7.03. The van der Waals surface area contributed by atoms with Crippen molar-refractivity contribution in [2.45, 2.75) is 47.6 Å². The average Bonchev–Trinajstić information content (AvgIpc) is 1.97. The summed E-state index contributed by atoms with van der Waals surface area (Å²) < 4.78 is 5.29. The lowest BCUT2D eigenvalue weighted by Gasteiger charge is -2.43. The minimum Gasteiger partial charge on any atom is -0.445 e. The Bertz CT molecular complexity index is 309. The van der Waals surface area contributed by atoms with Gasteiger partial charge in [-0.1, -0.05) is 41.5 Å². The van der Waals surface area contributed by atoms with Gasteiger partial charge in [0.1, 0.15) is 6.10 Å². The Morgan fingerprint density at radius 2 is 1.50 bits per heavy atom. The van der Waals surface area contributed by atoms with Crippen LogP contribution in [0.5, 0.6) is 0 Å². The van der Waals surface area contributed by atoms with Gasteiger partial charge in [-0.25, -0.2) is 4.79 Å². The number of hydrogen-bond donors (Lipinski definition) is 1. The van der Waals surface area contributed by atoms with Crippen LogP contribution >= 0.6 is 0 Å². The zero-order chi connectivity index (χ0) is 12.7. The fourth-order valence-corrected chi connectivity index (χ4v) is 2.05. The van der Waals surface area contributed by atoms with Crippen LogP contribution in [0.25, 0.3) is 0 Å². The van der Waals surface area contributed by atoms with E-state index in [2.05, 4.69) is 5.32 Å². The second kappa shape index (κ2) is 3.75. The van der Waals surface area contributed by atoms with Crippen molar-refractivity contribution in [3.8, 4) is 0 Å². The molecule has 2 atom stereocenters. The van der Waals surface area contributed by atoms with E-state index in [-0.39, 0.29) is 28.8 Å². The van der Waals surface area contributed by atoms with Crippen molar-refractivity contribution in [2.75, 3.05) is 0 Å². The van der Waals surface area contributed by atoms with Gasteiger partial charge < -0.3 is 4.74 Å². The molecule has 1 aliphatic heterocycles. The largest absolute Gasteiger partial charge is 0.445 e. The molecule has 0 bridgehead atoms. The molecular weight excluding hydrogens is 206 g/mol. The number of carbonyl (C=O) groups is 2. The van der Waals surface area contributed by atoms with E-state index >= 15 is 0 Å². The monoisotopic (exact) mass is 227 g/mol. The number of ether oxygens (including phenoxy) is 1. The van der Waals surface area contributed by atoms with Gasteiger partial charge in [0.2, 0.25) is 5.91 Å². The number of rotatable bonds is 0. The van der Waals surface area contributed by atoms with E-state index in [1.54, 1.807) is 0 Å². The Labute approximate surface area is 96.7 Å². The normalized spacial score (nSPS) is 27.4. The molecule has 1 saturated heterocycles. The summed E-state index contributed by atoms with van der Waals surface area (Å²) in [7, 11) is 0. The van der Waals surface area contributed by atoms with Gasteiger partial charge in [0.25, 0.3) is 0 Å². The van der Waals surface area contributed by atoms with E-state index in [9.17, 15) is 9.59 Å². The van der Waals surface area contributed by atoms with Crippen molar-refractivity contribution in [1.29, 1.82) is 0 Å². The van der Waals surface area contributed by atoms with Crippen LogP contribution in [0.2, 0.25) is 0 Å². The highest BCUT2D eigenvalue weighted by molar-refractivity contribution is 5.96. The fourth-order valence-electron chi connectivity index (χ4n) is 2.05. The van der Waals surface area contributed by atoms with E-state index in [1.807, 2.05) is 41.5 Å². The third-order valence-corrected chi connectivity index (χ3v) is 2.83. The van der Waals surface area contributed by atoms with Crippen LogP contribution in [-0.4, -0.2) is 18.1 Å². The standard InChI is InChI=1S/C12H21NO3/c1-11(2,3)7-8(12(4,5)6)16-10(15)13-9(7)14/h7-8H,1-6H3,(H,13,14,15). The quantitative estimate of drug-likeness (QED) is 0.691. The molecule has 0 radical (unpaired) electrons. The van der Waals surface area contributed by atoms with E-state index in [4.69, 9.17) is 4.74 Å². The lowest BCUT2D eigenvalue weighted by molar-refractivity contribution is -0.144. The summed E-state index contributed by atoms with van der Waals surface area (Å²) in [5.74, 6) is -0.547. The van der Waals surface area contributed by atoms with E-state index in [0.29, 0.717) is 0 Å². The zero-order valence-electron chi connectivity index (χ0n) is 10.9. The predicted octanol–water partition coefficient (Wildman–Crippen LogP) is 2.33. The summed E-state index contributed by atoms with van der Waals surface area (Å²) in [5.41, 5.74) is -0.478. The van der Waals surface area contributed by atoms with Gasteiger partial charge in [-0.2, -0.15) is 0 Å². The van der Waals surface area contributed by atoms with Crippen LogP contribution in [0, 0.1) is 16.7 Å². The van der Waals surface area contributed by atoms with E-state index in [1.165, 1.54) is 0 Å². The highest BCUT2D eigenvalue weighted by Crippen LogP contribution is 2.40. The summed E-state index contributed by atoms with van der Waals surface area (Å²) in [4.78, 5) is 23.1. The zero-order valence-corrected chi connectivity index (χ0v) is 10.9. The molecular formula is C12H21NO3. The molecule has 1 N–H and O–H groups in total. The Kier molecular flexibility index (Phi) is 3.05. The van der Waals surface area contributed by atoms with Crippen LogP contribution in [0.3, 0.4) is 0 Å². The molecule has 0 aliphatic carbocycles. The van der Waals surface area contributed by atoms with Crippen LogP contribution < -0.4 is 5.32 Å². The molecule has 16 heavy (non-hydrogen) atoms. The highest BCUT2D eigenvalue weighted by Gasteiger charge is 2.49.